The first-order valence-corrected chi connectivity index (χ1v) is 9.91. The van der Waals surface area contributed by atoms with Gasteiger partial charge in [-0.2, -0.15) is 0 Å². The van der Waals surface area contributed by atoms with E-state index in [1.165, 1.54) is 7.11 Å². The monoisotopic (exact) mass is 427 g/mol. The molecule has 2 amide bonds. The largest absolute Gasteiger partial charge is 0.391 e. The molecule has 1 aliphatic carbocycles. The lowest BCUT2D eigenvalue weighted by Gasteiger charge is -2.23. The third-order valence-electron chi connectivity index (χ3n) is 4.63. The normalized spacial score (nSPS) is 20.5. The van der Waals surface area contributed by atoms with Gasteiger partial charge in [-0.3, -0.25) is 9.59 Å². The number of rotatable bonds is 8. The van der Waals surface area contributed by atoms with E-state index < -0.39 is 0 Å². The number of hydrogen-bond acceptors (Lipinski definition) is 5. The second-order valence-electron chi connectivity index (χ2n) is 7.04. The van der Waals surface area contributed by atoms with Crippen LogP contribution in [0.2, 0.25) is 10.0 Å². The van der Waals surface area contributed by atoms with Crippen LogP contribution in [0.1, 0.15) is 31.2 Å². The van der Waals surface area contributed by atoms with Crippen LogP contribution in [0.4, 0.5) is 0 Å². The molecule has 7 nitrogen and oxygen atoms in total. The first kappa shape index (κ1) is 20.9. The number of ether oxygens (including phenoxy) is 1. The fourth-order valence-corrected chi connectivity index (χ4v) is 3.40. The van der Waals surface area contributed by atoms with E-state index in [-0.39, 0.29) is 37.5 Å². The molecule has 152 valence electrons. The van der Waals surface area contributed by atoms with Crippen molar-refractivity contribution in [2.45, 2.75) is 44.4 Å². The summed E-state index contributed by atoms with van der Waals surface area (Å²) >= 11 is 11.9. The Kier molecular flexibility index (Phi) is 7.15. The lowest BCUT2D eigenvalue weighted by atomic mass is 10.1. The van der Waals surface area contributed by atoms with E-state index in [4.69, 9.17) is 32.8 Å². The van der Waals surface area contributed by atoms with Crippen LogP contribution in [0.3, 0.4) is 0 Å². The van der Waals surface area contributed by atoms with Crippen molar-refractivity contribution in [2.75, 3.05) is 20.3 Å². The highest BCUT2D eigenvalue weighted by atomic mass is 35.5. The van der Waals surface area contributed by atoms with E-state index >= 15 is 0 Å². The predicted octanol–water partition coefficient (Wildman–Crippen LogP) is 2.78. The van der Waals surface area contributed by atoms with Crippen molar-refractivity contribution in [3.63, 3.8) is 0 Å². The van der Waals surface area contributed by atoms with E-state index in [0.29, 0.717) is 34.8 Å². The van der Waals surface area contributed by atoms with E-state index in [9.17, 15) is 9.59 Å². The van der Waals surface area contributed by atoms with Gasteiger partial charge in [0.05, 0.1) is 22.3 Å². The molecule has 1 saturated carbocycles. The summed E-state index contributed by atoms with van der Waals surface area (Å²) in [5.74, 6) is -0.206. The van der Waals surface area contributed by atoms with Crippen LogP contribution >= 0.6 is 23.2 Å². The Bertz CT molecular complexity index is 768. The number of carbonyl (C=O) groups is 2. The van der Waals surface area contributed by atoms with Gasteiger partial charge in [-0.15, -0.1) is 0 Å². The minimum Gasteiger partial charge on any atom is -0.391 e. The third-order valence-corrected chi connectivity index (χ3v) is 5.36. The Morgan fingerprint density at radius 1 is 1.29 bits per heavy atom. The zero-order valence-corrected chi connectivity index (χ0v) is 17.1. The Morgan fingerprint density at radius 3 is 2.75 bits per heavy atom. The fraction of sp³-hybridized carbons (Fsp3) is 0.526. The van der Waals surface area contributed by atoms with Crippen LogP contribution in [0.5, 0.6) is 0 Å². The summed E-state index contributed by atoms with van der Waals surface area (Å²) in [6, 6.07) is 5.28. The van der Waals surface area contributed by atoms with Crippen LogP contribution in [0.25, 0.3) is 0 Å². The number of halogens is 2. The van der Waals surface area contributed by atoms with Crippen molar-refractivity contribution in [2.24, 2.45) is 5.16 Å². The van der Waals surface area contributed by atoms with Crippen LogP contribution in [-0.2, 0) is 25.8 Å². The molecule has 1 N–H and O–H groups in total. The minimum atomic E-state index is -0.242. The molecule has 0 spiro atoms. The first-order chi connectivity index (χ1) is 13.5. The summed E-state index contributed by atoms with van der Waals surface area (Å²) in [5, 5.41) is 8.06. The van der Waals surface area contributed by atoms with Crippen molar-refractivity contribution in [1.82, 2.24) is 10.2 Å². The number of benzene rings is 1. The third kappa shape index (κ3) is 5.83. The SMILES string of the molecule is COCC(=O)N1CC(=NOCc2ccc(Cl)c(Cl)c2)C[C@H]1CC(=O)NC1CC1. The Hall–Kier alpha value is -1.83. The molecule has 1 aromatic carbocycles. The van der Waals surface area contributed by atoms with Gasteiger partial charge < -0.3 is 19.8 Å². The van der Waals surface area contributed by atoms with Crippen LogP contribution in [-0.4, -0.2) is 54.8 Å². The Morgan fingerprint density at radius 2 is 2.07 bits per heavy atom. The van der Waals surface area contributed by atoms with Crippen molar-refractivity contribution < 1.29 is 19.2 Å². The number of nitrogens with zero attached hydrogens (tertiary/aromatic N) is 2. The second-order valence-corrected chi connectivity index (χ2v) is 7.85. The van der Waals surface area contributed by atoms with Crippen molar-refractivity contribution in [3.05, 3.63) is 33.8 Å². The molecule has 1 aromatic rings. The molecule has 1 aliphatic heterocycles. The van der Waals surface area contributed by atoms with Gasteiger partial charge in [0.1, 0.15) is 13.2 Å². The maximum atomic E-state index is 12.3. The molecule has 9 heteroatoms. The highest BCUT2D eigenvalue weighted by Crippen LogP contribution is 2.24. The molecule has 1 atom stereocenters. The molecule has 3 rings (SSSR count). The zero-order chi connectivity index (χ0) is 20.1. The molecular weight excluding hydrogens is 405 g/mol. The molecule has 2 fully saturated rings. The van der Waals surface area contributed by atoms with E-state index in [1.54, 1.807) is 17.0 Å². The quantitative estimate of drug-likeness (QED) is 0.646. The summed E-state index contributed by atoms with van der Waals surface area (Å²) in [7, 11) is 1.47. The number of likely N-dealkylation sites (tertiary alicyclic amines) is 1. The van der Waals surface area contributed by atoms with Gasteiger partial charge >= 0.3 is 0 Å². The standard InChI is InChI=1S/C19H23Cl2N3O4/c1-27-11-19(26)24-9-14(7-15(24)8-18(25)22-13-3-4-13)23-28-10-12-2-5-16(20)17(21)6-12/h2,5-6,13,15H,3-4,7-11H2,1H3,(H,22,25)/t15-/m0/s1. The Balaban J connectivity index is 1.58. The fourth-order valence-electron chi connectivity index (χ4n) is 3.07. The number of hydrogen-bond donors (Lipinski definition) is 1. The van der Waals surface area contributed by atoms with E-state index in [0.717, 1.165) is 18.4 Å². The lowest BCUT2D eigenvalue weighted by molar-refractivity contribution is -0.136. The Labute approximate surface area is 173 Å². The van der Waals surface area contributed by atoms with Gasteiger partial charge in [0.25, 0.3) is 0 Å². The number of nitrogens with one attached hydrogen (secondary N) is 1. The van der Waals surface area contributed by atoms with Crippen molar-refractivity contribution >= 4 is 40.7 Å². The van der Waals surface area contributed by atoms with Crippen LogP contribution in [0.15, 0.2) is 23.4 Å². The molecule has 0 radical (unpaired) electrons. The molecule has 28 heavy (non-hydrogen) atoms. The molecule has 0 unspecified atom stereocenters. The van der Waals surface area contributed by atoms with Gasteiger partial charge in [0, 0.05) is 32.0 Å². The predicted molar refractivity (Wildman–Crippen MR) is 106 cm³/mol. The zero-order valence-electron chi connectivity index (χ0n) is 15.6. The summed E-state index contributed by atoms with van der Waals surface area (Å²) in [5.41, 5.74) is 1.55. The molecule has 2 aliphatic rings. The molecule has 1 heterocycles. The van der Waals surface area contributed by atoms with E-state index in [1.807, 2.05) is 6.07 Å². The number of carbonyl (C=O) groups excluding carboxylic acids is 2. The van der Waals surface area contributed by atoms with Crippen molar-refractivity contribution in [1.29, 1.82) is 0 Å². The molecular formula is C19H23Cl2N3O4. The van der Waals surface area contributed by atoms with Gasteiger partial charge in [0.2, 0.25) is 11.8 Å². The average Bonchev–Trinajstić information content (AvgIpc) is 3.37. The van der Waals surface area contributed by atoms with Gasteiger partial charge in [-0.25, -0.2) is 0 Å². The van der Waals surface area contributed by atoms with E-state index in [2.05, 4.69) is 10.5 Å². The number of amides is 2. The molecule has 1 saturated heterocycles. The topological polar surface area (TPSA) is 80.2 Å². The van der Waals surface area contributed by atoms with Crippen LogP contribution < -0.4 is 5.32 Å². The summed E-state index contributed by atoms with van der Waals surface area (Å²) in [6.45, 7) is 0.530. The minimum absolute atomic E-state index is 0.0296. The lowest BCUT2D eigenvalue weighted by Crippen LogP contribution is -2.41. The summed E-state index contributed by atoms with van der Waals surface area (Å²) < 4.78 is 4.95. The maximum Gasteiger partial charge on any atom is 0.249 e. The van der Waals surface area contributed by atoms with Gasteiger partial charge in [0.15, 0.2) is 0 Å². The maximum absolute atomic E-state index is 12.3. The molecule has 0 bridgehead atoms. The smallest absolute Gasteiger partial charge is 0.249 e. The van der Waals surface area contributed by atoms with Gasteiger partial charge in [-0.05, 0) is 30.5 Å². The second kappa shape index (κ2) is 9.58. The highest BCUT2D eigenvalue weighted by Gasteiger charge is 2.35. The number of oxime groups is 1. The summed E-state index contributed by atoms with van der Waals surface area (Å²) in [6.07, 6.45) is 2.79. The van der Waals surface area contributed by atoms with Gasteiger partial charge in [-0.1, -0.05) is 34.4 Å². The van der Waals surface area contributed by atoms with Crippen LogP contribution in [0, 0.1) is 0 Å². The average molecular weight is 428 g/mol. The molecule has 0 aromatic heterocycles. The highest BCUT2D eigenvalue weighted by molar-refractivity contribution is 6.42. The summed E-state index contributed by atoms with van der Waals surface area (Å²) in [4.78, 5) is 31.6. The number of methoxy groups -OCH3 is 1. The van der Waals surface area contributed by atoms with Crippen molar-refractivity contribution in [3.8, 4) is 0 Å². The first-order valence-electron chi connectivity index (χ1n) is 9.15.